The molecule has 2 rings (SSSR count). The van der Waals surface area contributed by atoms with Crippen molar-refractivity contribution in [1.82, 2.24) is 0 Å². The van der Waals surface area contributed by atoms with E-state index < -0.39 is 17.5 Å². The van der Waals surface area contributed by atoms with E-state index in [0.717, 1.165) is 0 Å². The quantitative estimate of drug-likeness (QED) is 0.839. The number of oxime groups is 1. The van der Waals surface area contributed by atoms with E-state index in [9.17, 15) is 14.7 Å². The number of anilines is 1. The van der Waals surface area contributed by atoms with Crippen molar-refractivity contribution < 1.29 is 19.5 Å². The van der Waals surface area contributed by atoms with Crippen molar-refractivity contribution in [3.8, 4) is 0 Å². The number of carbonyl (C=O) groups is 2. The molecule has 0 bridgehead atoms. The van der Waals surface area contributed by atoms with Crippen LogP contribution in [-0.2, 0) is 14.4 Å². The van der Waals surface area contributed by atoms with Crippen LogP contribution in [0.1, 0.15) is 13.3 Å². The van der Waals surface area contributed by atoms with Crippen molar-refractivity contribution >= 4 is 46.5 Å². The van der Waals surface area contributed by atoms with E-state index in [1.807, 2.05) is 0 Å². The molecule has 0 saturated heterocycles. The van der Waals surface area contributed by atoms with Crippen molar-refractivity contribution in [3.63, 3.8) is 0 Å². The summed E-state index contributed by atoms with van der Waals surface area (Å²) in [4.78, 5) is 28.3. The second-order valence-corrected chi connectivity index (χ2v) is 5.21. The number of halogens is 2. The largest absolute Gasteiger partial charge is 0.478 e. The SMILES string of the molecule is CC1=NOC(C(=O)O)(C(=O)Nc2cc(Cl)cc(Cl)c2)C1. The molecular formula is C12H10Cl2N2O4. The first-order chi connectivity index (χ1) is 9.33. The van der Waals surface area contributed by atoms with E-state index in [1.165, 1.54) is 18.2 Å². The summed E-state index contributed by atoms with van der Waals surface area (Å²) in [5.74, 6) is -2.26. The lowest BCUT2D eigenvalue weighted by Crippen LogP contribution is -2.50. The monoisotopic (exact) mass is 316 g/mol. The van der Waals surface area contributed by atoms with E-state index in [2.05, 4.69) is 10.5 Å². The minimum absolute atomic E-state index is 0.123. The average molecular weight is 317 g/mol. The van der Waals surface area contributed by atoms with E-state index in [4.69, 9.17) is 28.0 Å². The number of nitrogens with zero attached hydrogens (tertiary/aromatic N) is 1. The van der Waals surface area contributed by atoms with Crippen molar-refractivity contribution in [3.05, 3.63) is 28.2 Å². The molecule has 106 valence electrons. The third-order valence-electron chi connectivity index (χ3n) is 2.69. The zero-order valence-electron chi connectivity index (χ0n) is 10.3. The number of nitrogens with one attached hydrogen (secondary N) is 1. The number of hydrogen-bond donors (Lipinski definition) is 2. The first-order valence-corrected chi connectivity index (χ1v) is 6.32. The van der Waals surface area contributed by atoms with Gasteiger partial charge in [0.1, 0.15) is 0 Å². The van der Waals surface area contributed by atoms with Crippen LogP contribution in [0.5, 0.6) is 0 Å². The van der Waals surface area contributed by atoms with Gasteiger partial charge >= 0.3 is 11.6 Å². The highest BCUT2D eigenvalue weighted by molar-refractivity contribution is 6.35. The Morgan fingerprint density at radius 1 is 1.35 bits per heavy atom. The highest BCUT2D eigenvalue weighted by atomic mass is 35.5. The molecule has 2 N–H and O–H groups in total. The minimum Gasteiger partial charge on any atom is -0.478 e. The summed E-state index contributed by atoms with van der Waals surface area (Å²) in [6, 6.07) is 4.39. The van der Waals surface area contributed by atoms with Crippen LogP contribution in [0.2, 0.25) is 10.0 Å². The van der Waals surface area contributed by atoms with Crippen LogP contribution in [0.3, 0.4) is 0 Å². The molecule has 0 radical (unpaired) electrons. The van der Waals surface area contributed by atoms with Gasteiger partial charge in [-0.1, -0.05) is 28.4 Å². The molecule has 1 amide bonds. The second kappa shape index (κ2) is 5.30. The summed E-state index contributed by atoms with van der Waals surface area (Å²) >= 11 is 11.6. The predicted molar refractivity (Wildman–Crippen MR) is 74.3 cm³/mol. The van der Waals surface area contributed by atoms with Gasteiger partial charge in [0.2, 0.25) is 0 Å². The maximum atomic E-state index is 12.2. The molecule has 0 aliphatic carbocycles. The number of aliphatic carboxylic acids is 1. The molecule has 0 fully saturated rings. The number of rotatable bonds is 3. The number of amides is 1. The van der Waals surface area contributed by atoms with Gasteiger partial charge in [0.25, 0.3) is 5.91 Å². The summed E-state index contributed by atoms with van der Waals surface area (Å²) in [5, 5.41) is 15.8. The first-order valence-electron chi connectivity index (χ1n) is 5.56. The van der Waals surface area contributed by atoms with Gasteiger partial charge in [-0.05, 0) is 25.1 Å². The van der Waals surface area contributed by atoms with Gasteiger partial charge in [-0.25, -0.2) is 4.79 Å². The molecule has 1 heterocycles. The van der Waals surface area contributed by atoms with Crippen LogP contribution in [-0.4, -0.2) is 28.3 Å². The van der Waals surface area contributed by atoms with Crippen molar-refractivity contribution in [2.75, 3.05) is 5.32 Å². The lowest BCUT2D eigenvalue weighted by molar-refractivity contribution is -0.167. The topological polar surface area (TPSA) is 88.0 Å². The fourth-order valence-corrected chi connectivity index (χ4v) is 2.30. The van der Waals surface area contributed by atoms with Gasteiger partial charge in [0.15, 0.2) is 0 Å². The Hall–Kier alpha value is -1.79. The average Bonchev–Trinajstić information content (AvgIpc) is 2.71. The van der Waals surface area contributed by atoms with Gasteiger partial charge < -0.3 is 15.3 Å². The molecule has 0 spiro atoms. The Morgan fingerprint density at radius 3 is 2.40 bits per heavy atom. The Morgan fingerprint density at radius 2 is 1.95 bits per heavy atom. The van der Waals surface area contributed by atoms with Gasteiger partial charge in [0, 0.05) is 15.7 Å². The molecule has 0 aromatic heterocycles. The Labute approximate surface area is 124 Å². The fraction of sp³-hybridized carbons (Fsp3) is 0.250. The number of carbonyl (C=O) groups excluding carboxylic acids is 1. The Balaban J connectivity index is 2.24. The first kappa shape index (κ1) is 14.6. The van der Waals surface area contributed by atoms with E-state index in [1.54, 1.807) is 6.92 Å². The number of hydrogen-bond acceptors (Lipinski definition) is 4. The summed E-state index contributed by atoms with van der Waals surface area (Å²) in [6.45, 7) is 1.58. The second-order valence-electron chi connectivity index (χ2n) is 4.34. The summed E-state index contributed by atoms with van der Waals surface area (Å²) in [5.41, 5.74) is -1.35. The van der Waals surface area contributed by atoms with Gasteiger partial charge in [-0.2, -0.15) is 0 Å². The van der Waals surface area contributed by atoms with Crippen LogP contribution < -0.4 is 5.32 Å². The molecule has 6 nitrogen and oxygen atoms in total. The van der Waals surface area contributed by atoms with Crippen LogP contribution in [0.4, 0.5) is 5.69 Å². The van der Waals surface area contributed by atoms with Crippen LogP contribution in [0, 0.1) is 0 Å². The summed E-state index contributed by atoms with van der Waals surface area (Å²) in [6.07, 6.45) is -0.123. The smallest absolute Gasteiger partial charge is 0.361 e. The normalized spacial score (nSPS) is 21.1. The predicted octanol–water partition coefficient (Wildman–Crippen LogP) is 2.55. The van der Waals surface area contributed by atoms with E-state index in [0.29, 0.717) is 15.8 Å². The minimum atomic E-state index is -2.06. The fourth-order valence-electron chi connectivity index (χ4n) is 1.77. The summed E-state index contributed by atoms with van der Waals surface area (Å²) in [7, 11) is 0. The number of carboxylic acids is 1. The Bertz CT molecular complexity index is 597. The van der Waals surface area contributed by atoms with Crippen molar-refractivity contribution in [2.45, 2.75) is 18.9 Å². The van der Waals surface area contributed by atoms with Gasteiger partial charge in [0.05, 0.1) is 12.1 Å². The van der Waals surface area contributed by atoms with Crippen LogP contribution >= 0.6 is 23.2 Å². The third kappa shape index (κ3) is 2.71. The molecule has 1 atom stereocenters. The molecule has 1 aromatic rings. The van der Waals surface area contributed by atoms with Crippen molar-refractivity contribution in [2.24, 2.45) is 5.16 Å². The lowest BCUT2D eigenvalue weighted by Gasteiger charge is -2.20. The molecule has 1 aliphatic rings. The summed E-state index contributed by atoms with van der Waals surface area (Å²) < 4.78 is 0. The Kier molecular flexibility index (Phi) is 3.87. The number of carboxylic acid groups (broad SMARTS) is 1. The zero-order valence-corrected chi connectivity index (χ0v) is 11.8. The van der Waals surface area contributed by atoms with Crippen molar-refractivity contribution in [1.29, 1.82) is 0 Å². The highest BCUT2D eigenvalue weighted by Gasteiger charge is 2.53. The molecule has 8 heteroatoms. The maximum Gasteiger partial charge on any atom is 0.361 e. The van der Waals surface area contributed by atoms with Gasteiger partial charge in [-0.15, -0.1) is 0 Å². The molecule has 0 saturated carbocycles. The zero-order chi connectivity index (χ0) is 14.9. The van der Waals surface area contributed by atoms with Crippen LogP contribution in [0.15, 0.2) is 23.4 Å². The standard InChI is InChI=1S/C12H10Cl2N2O4/c1-6-5-12(11(18)19,20-16-6)10(17)15-9-3-7(13)2-8(14)4-9/h2-4H,5H2,1H3,(H,15,17)(H,18,19). The highest BCUT2D eigenvalue weighted by Crippen LogP contribution is 2.28. The van der Waals surface area contributed by atoms with Gasteiger partial charge in [-0.3, -0.25) is 4.79 Å². The molecule has 1 aliphatic heterocycles. The molecule has 1 unspecified atom stereocenters. The lowest BCUT2D eigenvalue weighted by atomic mass is 9.97. The maximum absolute atomic E-state index is 12.2. The van der Waals surface area contributed by atoms with E-state index in [-0.39, 0.29) is 12.1 Å². The molecular weight excluding hydrogens is 307 g/mol. The molecule has 20 heavy (non-hydrogen) atoms. The van der Waals surface area contributed by atoms with Crippen LogP contribution in [0.25, 0.3) is 0 Å². The molecule has 1 aromatic carbocycles. The van der Waals surface area contributed by atoms with E-state index >= 15 is 0 Å². The number of benzene rings is 1. The third-order valence-corrected chi connectivity index (χ3v) is 3.13.